The van der Waals surface area contributed by atoms with E-state index in [1.807, 2.05) is 27.2 Å². The standard InChI is InChI=1S/C37H73N2O6P/c1-6-8-10-12-14-16-17-18-19-20-21-22-23-25-27-29-31-37(41)38-35(34-45-46(42,43)44-33-32-39(3,4)5)36(40)30-28-26-24-15-13-11-9-7-2/h19-20,28,30,35-36,40H,6-18,21-27,29,31-34H2,1-5H3,(H-,38,41,42,43)/b20-19-,30-28+. The molecule has 0 bridgehead atoms. The first-order valence-corrected chi connectivity index (χ1v) is 20.2. The SMILES string of the molecule is CCCCCCCC/C=C/C(O)C(COP(=O)([O-])OCC[N+](C)(C)C)NC(=O)CCCCCCC/C=C\CCCCCCCCC. The molecule has 46 heavy (non-hydrogen) atoms. The van der Waals surface area contributed by atoms with Crippen LogP contribution >= 0.6 is 7.82 Å². The summed E-state index contributed by atoms with van der Waals surface area (Å²) in [5.74, 6) is -0.211. The number of hydrogen-bond acceptors (Lipinski definition) is 6. The first-order valence-electron chi connectivity index (χ1n) is 18.7. The largest absolute Gasteiger partial charge is 0.756 e. The number of aliphatic hydroxyl groups excluding tert-OH is 1. The highest BCUT2D eigenvalue weighted by Gasteiger charge is 2.23. The number of phosphoric ester groups is 1. The number of aliphatic hydroxyl groups is 1. The molecule has 0 spiro atoms. The first-order chi connectivity index (χ1) is 22.0. The Balaban J connectivity index is 4.45. The summed E-state index contributed by atoms with van der Waals surface area (Å²) in [6, 6.07) is -0.884. The van der Waals surface area contributed by atoms with Crippen LogP contribution in [0.15, 0.2) is 24.3 Å². The molecular weight excluding hydrogens is 599 g/mol. The number of allylic oxidation sites excluding steroid dienone is 3. The molecule has 2 N–H and O–H groups in total. The Hall–Kier alpha value is -1.02. The molecule has 0 aromatic heterocycles. The minimum absolute atomic E-state index is 0.00242. The molecule has 9 heteroatoms. The maximum atomic E-state index is 12.7. The Kier molecular flexibility index (Phi) is 29.4. The number of phosphoric acid groups is 1. The van der Waals surface area contributed by atoms with Crippen molar-refractivity contribution in [2.24, 2.45) is 0 Å². The second kappa shape index (κ2) is 30.1. The van der Waals surface area contributed by atoms with Gasteiger partial charge in [0.15, 0.2) is 0 Å². The minimum Gasteiger partial charge on any atom is -0.756 e. The lowest BCUT2D eigenvalue weighted by Crippen LogP contribution is -2.45. The van der Waals surface area contributed by atoms with Crippen molar-refractivity contribution in [3.05, 3.63) is 24.3 Å². The van der Waals surface area contributed by atoms with Gasteiger partial charge in [0.2, 0.25) is 5.91 Å². The van der Waals surface area contributed by atoms with Crippen LogP contribution in [-0.4, -0.2) is 68.5 Å². The van der Waals surface area contributed by atoms with Gasteiger partial charge in [0, 0.05) is 6.42 Å². The van der Waals surface area contributed by atoms with Crippen molar-refractivity contribution in [2.45, 2.75) is 167 Å². The molecule has 0 fully saturated rings. The molecule has 0 heterocycles. The summed E-state index contributed by atoms with van der Waals surface area (Å²) in [6.07, 6.45) is 32.3. The molecule has 0 aliphatic heterocycles. The lowest BCUT2D eigenvalue weighted by molar-refractivity contribution is -0.870. The van der Waals surface area contributed by atoms with Crippen LogP contribution < -0.4 is 10.2 Å². The highest BCUT2D eigenvalue weighted by atomic mass is 31.2. The van der Waals surface area contributed by atoms with Crippen LogP contribution in [0, 0.1) is 0 Å². The molecule has 3 atom stereocenters. The van der Waals surface area contributed by atoms with Gasteiger partial charge in [-0.3, -0.25) is 9.36 Å². The van der Waals surface area contributed by atoms with Crippen LogP contribution in [0.2, 0.25) is 0 Å². The van der Waals surface area contributed by atoms with Crippen LogP contribution in [0.3, 0.4) is 0 Å². The van der Waals surface area contributed by atoms with Gasteiger partial charge in [0.25, 0.3) is 7.82 Å². The van der Waals surface area contributed by atoms with Crippen molar-refractivity contribution < 1.29 is 32.9 Å². The van der Waals surface area contributed by atoms with E-state index >= 15 is 0 Å². The molecule has 0 aromatic carbocycles. The fourth-order valence-corrected chi connectivity index (χ4v) is 5.81. The topological polar surface area (TPSA) is 108 Å². The van der Waals surface area contributed by atoms with Gasteiger partial charge in [0.1, 0.15) is 13.2 Å². The predicted molar refractivity (Wildman–Crippen MR) is 192 cm³/mol. The first kappa shape index (κ1) is 45.0. The lowest BCUT2D eigenvalue weighted by atomic mass is 10.1. The van der Waals surface area contributed by atoms with Gasteiger partial charge in [-0.05, 0) is 44.9 Å². The average Bonchev–Trinajstić information content (AvgIpc) is 2.99. The second-order valence-electron chi connectivity index (χ2n) is 13.9. The molecule has 3 unspecified atom stereocenters. The molecular formula is C37H73N2O6P. The number of unbranched alkanes of at least 4 members (excludes halogenated alkanes) is 18. The van der Waals surface area contributed by atoms with Crippen LogP contribution in [0.4, 0.5) is 0 Å². The maximum Gasteiger partial charge on any atom is 0.268 e. The average molecular weight is 673 g/mol. The number of quaternary nitrogens is 1. The van der Waals surface area contributed by atoms with Crippen molar-refractivity contribution in [3.63, 3.8) is 0 Å². The van der Waals surface area contributed by atoms with Crippen LogP contribution in [0.5, 0.6) is 0 Å². The summed E-state index contributed by atoms with van der Waals surface area (Å²) in [5, 5.41) is 13.6. The van der Waals surface area contributed by atoms with Crippen LogP contribution in [0.25, 0.3) is 0 Å². The van der Waals surface area contributed by atoms with Gasteiger partial charge in [0.05, 0.1) is 39.9 Å². The van der Waals surface area contributed by atoms with Crippen molar-refractivity contribution in [1.29, 1.82) is 0 Å². The summed E-state index contributed by atoms with van der Waals surface area (Å²) in [6.45, 7) is 4.57. The molecule has 0 rings (SSSR count). The van der Waals surface area contributed by atoms with E-state index < -0.39 is 20.0 Å². The molecule has 272 valence electrons. The highest BCUT2D eigenvalue weighted by molar-refractivity contribution is 7.45. The fraction of sp³-hybridized carbons (Fsp3) is 0.865. The van der Waals surface area contributed by atoms with E-state index in [2.05, 4.69) is 31.3 Å². The van der Waals surface area contributed by atoms with E-state index in [1.54, 1.807) is 6.08 Å². The van der Waals surface area contributed by atoms with Crippen LogP contribution in [0.1, 0.15) is 155 Å². The molecule has 0 aromatic rings. The smallest absolute Gasteiger partial charge is 0.268 e. The number of amides is 1. The van der Waals surface area contributed by atoms with E-state index in [-0.39, 0.29) is 19.1 Å². The zero-order valence-corrected chi connectivity index (χ0v) is 31.4. The molecule has 0 saturated carbocycles. The highest BCUT2D eigenvalue weighted by Crippen LogP contribution is 2.38. The number of rotatable bonds is 33. The molecule has 8 nitrogen and oxygen atoms in total. The van der Waals surface area contributed by atoms with Gasteiger partial charge in [-0.25, -0.2) is 0 Å². The maximum absolute atomic E-state index is 12.7. The molecule has 0 aliphatic rings. The molecule has 0 saturated heterocycles. The number of likely N-dealkylation sites (N-methyl/N-ethyl adjacent to an activating group) is 1. The number of hydrogen-bond donors (Lipinski definition) is 2. The van der Waals surface area contributed by atoms with Gasteiger partial charge < -0.3 is 28.8 Å². The number of carbonyl (C=O) groups excluding carboxylic acids is 1. The van der Waals surface area contributed by atoms with E-state index in [1.165, 1.54) is 83.5 Å². The van der Waals surface area contributed by atoms with Crippen molar-refractivity contribution in [1.82, 2.24) is 5.32 Å². The Morgan fingerprint density at radius 1 is 0.739 bits per heavy atom. The third-order valence-corrected chi connectivity index (χ3v) is 9.12. The molecule has 0 aliphatic carbocycles. The number of carbonyl (C=O) groups is 1. The third kappa shape index (κ3) is 31.6. The van der Waals surface area contributed by atoms with E-state index in [0.29, 0.717) is 17.4 Å². The Morgan fingerprint density at radius 2 is 1.20 bits per heavy atom. The number of nitrogens with one attached hydrogen (secondary N) is 1. The van der Waals surface area contributed by atoms with Crippen LogP contribution in [-0.2, 0) is 18.4 Å². The fourth-order valence-electron chi connectivity index (χ4n) is 5.09. The summed E-state index contributed by atoms with van der Waals surface area (Å²) < 4.78 is 23.0. The zero-order chi connectivity index (χ0) is 34.4. The molecule has 0 radical (unpaired) electrons. The third-order valence-electron chi connectivity index (χ3n) is 8.16. The summed E-state index contributed by atoms with van der Waals surface area (Å²) in [7, 11) is 1.25. The quantitative estimate of drug-likeness (QED) is 0.0312. The van der Waals surface area contributed by atoms with Crippen molar-refractivity contribution >= 4 is 13.7 Å². The Labute approximate surface area is 284 Å². The van der Waals surface area contributed by atoms with Crippen molar-refractivity contribution in [3.8, 4) is 0 Å². The summed E-state index contributed by atoms with van der Waals surface area (Å²) >= 11 is 0. The van der Waals surface area contributed by atoms with Gasteiger partial charge in [-0.15, -0.1) is 0 Å². The summed E-state index contributed by atoms with van der Waals surface area (Å²) in [5.41, 5.74) is 0. The van der Waals surface area contributed by atoms with E-state index in [4.69, 9.17) is 9.05 Å². The predicted octanol–water partition coefficient (Wildman–Crippen LogP) is 8.77. The lowest BCUT2D eigenvalue weighted by Gasteiger charge is -2.29. The minimum atomic E-state index is -4.57. The Morgan fingerprint density at radius 3 is 1.70 bits per heavy atom. The molecule has 1 amide bonds. The normalized spacial score (nSPS) is 15.0. The zero-order valence-electron chi connectivity index (χ0n) is 30.5. The van der Waals surface area contributed by atoms with Crippen molar-refractivity contribution in [2.75, 3.05) is 40.9 Å². The van der Waals surface area contributed by atoms with Gasteiger partial charge in [-0.1, -0.05) is 128 Å². The second-order valence-corrected chi connectivity index (χ2v) is 15.3. The monoisotopic (exact) mass is 673 g/mol. The number of nitrogens with zero attached hydrogens (tertiary/aromatic N) is 1. The van der Waals surface area contributed by atoms with Gasteiger partial charge >= 0.3 is 0 Å². The van der Waals surface area contributed by atoms with E-state index in [0.717, 1.165) is 51.4 Å². The summed E-state index contributed by atoms with van der Waals surface area (Å²) in [4.78, 5) is 25.1. The van der Waals surface area contributed by atoms with E-state index in [9.17, 15) is 19.4 Å². The van der Waals surface area contributed by atoms with Gasteiger partial charge in [-0.2, -0.15) is 0 Å². The Bertz CT molecular complexity index is 814.